The van der Waals surface area contributed by atoms with E-state index in [1.165, 1.54) is 0 Å². The lowest BCUT2D eigenvalue weighted by molar-refractivity contribution is -0.137. The Balaban J connectivity index is 2.39. The molecule has 82 valence electrons. The molecule has 1 aliphatic heterocycles. The Kier molecular flexibility index (Phi) is 3.89. The zero-order chi connectivity index (χ0) is 10.7. The van der Waals surface area contributed by atoms with Crippen molar-refractivity contribution in [3.8, 4) is 0 Å². The molecule has 4 nitrogen and oxygen atoms in total. The van der Waals surface area contributed by atoms with Crippen molar-refractivity contribution in [1.29, 1.82) is 0 Å². The minimum Gasteiger partial charge on any atom is -0.379 e. The Morgan fingerprint density at radius 1 is 1.14 bits per heavy atom. The van der Waals surface area contributed by atoms with Crippen molar-refractivity contribution in [1.82, 2.24) is 9.80 Å². The van der Waals surface area contributed by atoms with Crippen LogP contribution in [0.1, 0.15) is 20.8 Å². The summed E-state index contributed by atoms with van der Waals surface area (Å²) in [6.45, 7) is 8.63. The minimum atomic E-state index is -0.397. The predicted octanol–water partition coefficient (Wildman–Crippen LogP) is 0.125. The second-order valence-corrected chi connectivity index (χ2v) is 4.15. The van der Waals surface area contributed by atoms with Crippen molar-refractivity contribution in [2.45, 2.75) is 27.0 Å². The van der Waals surface area contributed by atoms with Crippen molar-refractivity contribution in [3.63, 3.8) is 0 Å². The van der Waals surface area contributed by atoms with E-state index in [1.54, 1.807) is 6.92 Å². The Labute approximate surface area is 85.5 Å². The standard InChI is InChI=1S/C10H20N2O2/c1-8(2)10(14)12-6-4-11(5-7-12)9(3)13/h8-9,13H,4-7H2,1-3H3. The number of amides is 1. The summed E-state index contributed by atoms with van der Waals surface area (Å²) in [5.41, 5.74) is 0. The fourth-order valence-electron chi connectivity index (χ4n) is 1.68. The first kappa shape index (κ1) is 11.5. The molecule has 4 heteroatoms. The molecule has 14 heavy (non-hydrogen) atoms. The lowest BCUT2D eigenvalue weighted by Crippen LogP contribution is -2.52. The molecule has 0 aromatic rings. The summed E-state index contributed by atoms with van der Waals surface area (Å²) in [4.78, 5) is 15.5. The third-order valence-electron chi connectivity index (χ3n) is 2.65. The summed E-state index contributed by atoms with van der Waals surface area (Å²) in [7, 11) is 0. The summed E-state index contributed by atoms with van der Waals surface area (Å²) < 4.78 is 0. The SMILES string of the molecule is CC(C)C(=O)N1CCN(C(C)O)CC1. The molecule has 0 aromatic carbocycles. The van der Waals surface area contributed by atoms with Gasteiger partial charge in [0.1, 0.15) is 6.23 Å². The average molecular weight is 200 g/mol. The molecule has 1 saturated heterocycles. The highest BCUT2D eigenvalue weighted by Gasteiger charge is 2.24. The molecular weight excluding hydrogens is 180 g/mol. The topological polar surface area (TPSA) is 43.8 Å². The number of rotatable bonds is 2. The van der Waals surface area contributed by atoms with E-state index in [0.29, 0.717) is 0 Å². The molecule has 0 bridgehead atoms. The molecular formula is C10H20N2O2. The quantitative estimate of drug-likeness (QED) is 0.689. The van der Waals surface area contributed by atoms with Gasteiger partial charge in [-0.15, -0.1) is 0 Å². The van der Waals surface area contributed by atoms with Gasteiger partial charge in [0.2, 0.25) is 5.91 Å². The maximum Gasteiger partial charge on any atom is 0.225 e. The highest BCUT2D eigenvalue weighted by Crippen LogP contribution is 2.08. The Morgan fingerprint density at radius 3 is 2.00 bits per heavy atom. The van der Waals surface area contributed by atoms with Gasteiger partial charge in [-0.2, -0.15) is 0 Å². The highest BCUT2D eigenvalue weighted by molar-refractivity contribution is 5.78. The van der Waals surface area contributed by atoms with Crippen LogP contribution in [0.2, 0.25) is 0 Å². The van der Waals surface area contributed by atoms with Crippen LogP contribution >= 0.6 is 0 Å². The summed E-state index contributed by atoms with van der Waals surface area (Å²) >= 11 is 0. The molecule has 0 radical (unpaired) electrons. The molecule has 0 aromatic heterocycles. The summed E-state index contributed by atoms with van der Waals surface area (Å²) in [6, 6.07) is 0. The first-order chi connectivity index (χ1) is 6.52. The van der Waals surface area contributed by atoms with E-state index in [1.807, 2.05) is 23.6 Å². The number of nitrogens with zero attached hydrogens (tertiary/aromatic N) is 2. The number of carbonyl (C=O) groups is 1. The van der Waals surface area contributed by atoms with E-state index in [4.69, 9.17) is 0 Å². The largest absolute Gasteiger partial charge is 0.379 e. The maximum absolute atomic E-state index is 11.6. The van der Waals surface area contributed by atoms with Crippen LogP contribution in [0.5, 0.6) is 0 Å². The highest BCUT2D eigenvalue weighted by atomic mass is 16.3. The molecule has 0 spiro atoms. The Morgan fingerprint density at radius 2 is 1.64 bits per heavy atom. The summed E-state index contributed by atoms with van der Waals surface area (Å²) in [6.07, 6.45) is -0.397. The molecule has 1 fully saturated rings. The lowest BCUT2D eigenvalue weighted by Gasteiger charge is -2.36. The number of aliphatic hydroxyl groups excluding tert-OH is 1. The average Bonchev–Trinajstić information content (AvgIpc) is 2.16. The number of carbonyl (C=O) groups excluding carboxylic acids is 1. The van der Waals surface area contributed by atoms with Crippen LogP contribution in [0.3, 0.4) is 0 Å². The second kappa shape index (κ2) is 4.75. The number of hydrogen-bond acceptors (Lipinski definition) is 3. The Hall–Kier alpha value is -0.610. The zero-order valence-electron chi connectivity index (χ0n) is 9.23. The second-order valence-electron chi connectivity index (χ2n) is 4.15. The van der Waals surface area contributed by atoms with Gasteiger partial charge in [0, 0.05) is 32.1 Å². The first-order valence-corrected chi connectivity index (χ1v) is 5.23. The molecule has 0 aliphatic carbocycles. The van der Waals surface area contributed by atoms with Crippen molar-refractivity contribution in [2.24, 2.45) is 5.92 Å². The van der Waals surface area contributed by atoms with Gasteiger partial charge in [-0.3, -0.25) is 9.69 Å². The van der Waals surface area contributed by atoms with Crippen LogP contribution in [0.25, 0.3) is 0 Å². The molecule has 0 saturated carbocycles. The maximum atomic E-state index is 11.6. The van der Waals surface area contributed by atoms with E-state index in [0.717, 1.165) is 26.2 Å². The molecule has 1 amide bonds. The normalized spacial score (nSPS) is 21.4. The van der Waals surface area contributed by atoms with Crippen LogP contribution in [-0.2, 0) is 4.79 Å². The van der Waals surface area contributed by atoms with Crippen LogP contribution in [0.4, 0.5) is 0 Å². The monoisotopic (exact) mass is 200 g/mol. The molecule has 1 rings (SSSR count). The van der Waals surface area contributed by atoms with Crippen molar-refractivity contribution >= 4 is 5.91 Å². The smallest absolute Gasteiger partial charge is 0.225 e. The first-order valence-electron chi connectivity index (χ1n) is 5.23. The van der Waals surface area contributed by atoms with Crippen molar-refractivity contribution in [2.75, 3.05) is 26.2 Å². The molecule has 1 aliphatic rings. The number of piperazine rings is 1. The summed E-state index contributed by atoms with van der Waals surface area (Å²) in [5.74, 6) is 0.295. The van der Waals surface area contributed by atoms with Crippen LogP contribution in [0.15, 0.2) is 0 Å². The van der Waals surface area contributed by atoms with Crippen LogP contribution < -0.4 is 0 Å². The van der Waals surface area contributed by atoms with Gasteiger partial charge in [0.25, 0.3) is 0 Å². The van der Waals surface area contributed by atoms with E-state index >= 15 is 0 Å². The number of aliphatic hydroxyl groups is 1. The molecule has 1 unspecified atom stereocenters. The van der Waals surface area contributed by atoms with Gasteiger partial charge in [0.15, 0.2) is 0 Å². The van der Waals surface area contributed by atoms with Gasteiger partial charge in [-0.1, -0.05) is 13.8 Å². The molecule has 1 heterocycles. The van der Waals surface area contributed by atoms with E-state index in [9.17, 15) is 9.90 Å². The zero-order valence-corrected chi connectivity index (χ0v) is 9.23. The fourth-order valence-corrected chi connectivity index (χ4v) is 1.68. The van der Waals surface area contributed by atoms with E-state index in [-0.39, 0.29) is 11.8 Å². The van der Waals surface area contributed by atoms with E-state index in [2.05, 4.69) is 0 Å². The van der Waals surface area contributed by atoms with Crippen molar-refractivity contribution < 1.29 is 9.90 Å². The molecule has 1 N–H and O–H groups in total. The van der Waals surface area contributed by atoms with Crippen LogP contribution in [-0.4, -0.2) is 53.2 Å². The Bertz CT molecular complexity index is 196. The number of hydrogen-bond donors (Lipinski definition) is 1. The third-order valence-corrected chi connectivity index (χ3v) is 2.65. The van der Waals surface area contributed by atoms with Crippen LogP contribution in [0, 0.1) is 5.92 Å². The van der Waals surface area contributed by atoms with Gasteiger partial charge in [0.05, 0.1) is 0 Å². The fraction of sp³-hybridized carbons (Fsp3) is 0.900. The third kappa shape index (κ3) is 2.69. The van der Waals surface area contributed by atoms with Crippen molar-refractivity contribution in [3.05, 3.63) is 0 Å². The minimum absolute atomic E-state index is 0.0769. The summed E-state index contributed by atoms with van der Waals surface area (Å²) in [5, 5.41) is 9.33. The van der Waals surface area contributed by atoms with Gasteiger partial charge < -0.3 is 10.0 Å². The van der Waals surface area contributed by atoms with Gasteiger partial charge in [-0.25, -0.2) is 0 Å². The molecule has 1 atom stereocenters. The van der Waals surface area contributed by atoms with Gasteiger partial charge in [-0.05, 0) is 6.92 Å². The van der Waals surface area contributed by atoms with E-state index < -0.39 is 6.23 Å². The lowest BCUT2D eigenvalue weighted by atomic mass is 10.1. The van der Waals surface area contributed by atoms with Gasteiger partial charge >= 0.3 is 0 Å². The predicted molar refractivity (Wildman–Crippen MR) is 54.7 cm³/mol.